The monoisotopic (exact) mass is 308 g/mol. The number of ether oxygens (including phenoxy) is 1. The summed E-state index contributed by atoms with van der Waals surface area (Å²) in [4.78, 5) is 4.00. The first-order valence-electron chi connectivity index (χ1n) is 5.52. The third-order valence-corrected chi connectivity index (χ3v) is 3.22. The first kappa shape index (κ1) is 14.7. The number of nitrogens with one attached hydrogen (secondary N) is 1. The van der Waals surface area contributed by atoms with Crippen molar-refractivity contribution in [3.8, 4) is 11.5 Å². The van der Waals surface area contributed by atoms with E-state index in [9.17, 15) is 13.2 Å². The van der Waals surface area contributed by atoms with Crippen LogP contribution >= 0.6 is 11.5 Å². The molecule has 0 aromatic carbocycles. The summed E-state index contributed by atoms with van der Waals surface area (Å²) in [6.07, 6.45) is -4.38. The second-order valence-corrected chi connectivity index (χ2v) is 4.62. The van der Waals surface area contributed by atoms with E-state index in [0.29, 0.717) is 11.3 Å². The van der Waals surface area contributed by atoms with Crippen LogP contribution in [0.4, 0.5) is 18.2 Å². The first-order chi connectivity index (χ1) is 9.40. The van der Waals surface area contributed by atoms with Crippen molar-refractivity contribution in [1.82, 2.24) is 14.5 Å². The number of anilines is 1. The van der Waals surface area contributed by atoms with E-state index in [1.807, 2.05) is 0 Å². The molecule has 0 saturated heterocycles. The lowest BCUT2D eigenvalue weighted by Crippen LogP contribution is -2.16. The summed E-state index contributed by atoms with van der Waals surface area (Å²) in [5.74, 6) is 0.253. The maximum Gasteiger partial charge on any atom is 0.411 e. The molecule has 0 aliphatic rings. The minimum absolute atomic E-state index is 0.0527. The van der Waals surface area contributed by atoms with E-state index in [2.05, 4.69) is 24.6 Å². The Morgan fingerprint density at radius 2 is 2.15 bits per heavy atom. The van der Waals surface area contributed by atoms with Gasteiger partial charge in [0, 0.05) is 7.05 Å². The minimum Gasteiger partial charge on any atom is -0.378 e. The van der Waals surface area contributed by atoms with Gasteiger partial charge in [0.2, 0.25) is 0 Å². The van der Waals surface area contributed by atoms with Crippen molar-refractivity contribution < 1.29 is 22.4 Å². The summed E-state index contributed by atoms with van der Waals surface area (Å²) in [6.45, 7) is 0.0584. The van der Waals surface area contributed by atoms with E-state index in [0.717, 1.165) is 5.00 Å². The summed E-state index contributed by atoms with van der Waals surface area (Å²) < 4.78 is 49.4. The number of aromatic nitrogens is 3. The molecule has 10 heteroatoms. The molecule has 2 aromatic heterocycles. The molecule has 0 fully saturated rings. The van der Waals surface area contributed by atoms with Crippen molar-refractivity contribution in [3.63, 3.8) is 0 Å². The molecule has 110 valence electrons. The van der Waals surface area contributed by atoms with Crippen LogP contribution in [-0.2, 0) is 11.3 Å². The maximum absolute atomic E-state index is 11.9. The van der Waals surface area contributed by atoms with Crippen molar-refractivity contribution in [2.45, 2.75) is 19.7 Å². The molecule has 0 aliphatic heterocycles. The van der Waals surface area contributed by atoms with Gasteiger partial charge in [-0.1, -0.05) is 5.16 Å². The Morgan fingerprint density at radius 1 is 1.40 bits per heavy atom. The SMILES string of the molecule is CNc1snc(C)c1-c1nc(COCC(F)(F)F)no1. The molecule has 2 heterocycles. The Balaban J connectivity index is 2.07. The molecule has 2 aromatic rings. The second kappa shape index (κ2) is 5.75. The average Bonchev–Trinajstić information content (AvgIpc) is 2.93. The van der Waals surface area contributed by atoms with Crippen LogP contribution in [0.1, 0.15) is 11.5 Å². The normalized spacial score (nSPS) is 11.8. The molecule has 0 bridgehead atoms. The van der Waals surface area contributed by atoms with Crippen LogP contribution in [0.3, 0.4) is 0 Å². The van der Waals surface area contributed by atoms with Crippen molar-refractivity contribution in [1.29, 1.82) is 0 Å². The fraction of sp³-hybridized carbons (Fsp3) is 0.500. The largest absolute Gasteiger partial charge is 0.411 e. The lowest BCUT2D eigenvalue weighted by molar-refractivity contribution is -0.177. The van der Waals surface area contributed by atoms with E-state index in [-0.39, 0.29) is 18.3 Å². The van der Waals surface area contributed by atoms with Gasteiger partial charge in [0.15, 0.2) is 5.82 Å². The van der Waals surface area contributed by atoms with Crippen LogP contribution in [0.2, 0.25) is 0 Å². The zero-order valence-corrected chi connectivity index (χ0v) is 11.4. The first-order valence-corrected chi connectivity index (χ1v) is 6.29. The molecular formula is C10H11F3N4O2S. The molecule has 0 amide bonds. The molecule has 0 saturated carbocycles. The highest BCUT2D eigenvalue weighted by Crippen LogP contribution is 2.33. The number of hydrogen-bond acceptors (Lipinski definition) is 7. The van der Waals surface area contributed by atoms with Crippen LogP contribution in [0.15, 0.2) is 4.52 Å². The Bertz CT molecular complexity index is 581. The summed E-state index contributed by atoms with van der Waals surface area (Å²) >= 11 is 1.23. The fourth-order valence-electron chi connectivity index (χ4n) is 1.46. The topological polar surface area (TPSA) is 73.1 Å². The number of hydrogen-bond donors (Lipinski definition) is 1. The fourth-order valence-corrected chi connectivity index (χ4v) is 2.20. The van der Waals surface area contributed by atoms with E-state index in [1.165, 1.54) is 11.5 Å². The zero-order valence-electron chi connectivity index (χ0n) is 10.6. The van der Waals surface area contributed by atoms with E-state index in [1.54, 1.807) is 14.0 Å². The highest BCUT2D eigenvalue weighted by atomic mass is 32.1. The number of halogens is 3. The van der Waals surface area contributed by atoms with Crippen molar-refractivity contribution in [2.24, 2.45) is 0 Å². The predicted octanol–water partition coefficient (Wildman–Crippen LogP) is 2.62. The number of aryl methyl sites for hydroxylation is 1. The number of rotatable bonds is 5. The molecule has 20 heavy (non-hydrogen) atoms. The van der Waals surface area contributed by atoms with E-state index < -0.39 is 12.8 Å². The van der Waals surface area contributed by atoms with Gasteiger partial charge in [0.05, 0.1) is 11.3 Å². The average molecular weight is 308 g/mol. The van der Waals surface area contributed by atoms with Gasteiger partial charge in [-0.15, -0.1) is 0 Å². The lowest BCUT2D eigenvalue weighted by Gasteiger charge is -2.04. The van der Waals surface area contributed by atoms with Gasteiger partial charge in [-0.2, -0.15) is 22.5 Å². The third kappa shape index (κ3) is 3.45. The maximum atomic E-state index is 11.9. The van der Waals surface area contributed by atoms with E-state index in [4.69, 9.17) is 4.52 Å². The van der Waals surface area contributed by atoms with E-state index >= 15 is 0 Å². The highest BCUT2D eigenvalue weighted by molar-refractivity contribution is 7.10. The summed E-state index contributed by atoms with van der Waals surface area (Å²) in [5, 5.41) is 7.26. The van der Waals surface area contributed by atoms with Gasteiger partial charge < -0.3 is 14.6 Å². The van der Waals surface area contributed by atoms with Gasteiger partial charge in [0.25, 0.3) is 5.89 Å². The van der Waals surface area contributed by atoms with Crippen molar-refractivity contribution >= 4 is 16.5 Å². The molecule has 0 spiro atoms. The standard InChI is InChI=1S/C10H11F3N4O2S/c1-5-7(9(14-2)20-17-5)8-15-6(16-19-8)3-18-4-10(11,12)13/h14H,3-4H2,1-2H3. The molecule has 0 radical (unpaired) electrons. The zero-order chi connectivity index (χ0) is 14.8. The Morgan fingerprint density at radius 3 is 2.80 bits per heavy atom. The molecular weight excluding hydrogens is 297 g/mol. The van der Waals surface area contributed by atoms with Crippen LogP contribution in [0.25, 0.3) is 11.5 Å². The van der Waals surface area contributed by atoms with Crippen molar-refractivity contribution in [2.75, 3.05) is 19.0 Å². The van der Waals surface area contributed by atoms with Gasteiger partial charge in [-0.05, 0) is 18.5 Å². The molecule has 0 atom stereocenters. The molecule has 0 unspecified atom stereocenters. The quantitative estimate of drug-likeness (QED) is 0.915. The summed E-state index contributed by atoms with van der Waals surface area (Å²) in [7, 11) is 1.72. The van der Waals surface area contributed by atoms with Crippen LogP contribution < -0.4 is 5.32 Å². The van der Waals surface area contributed by atoms with Crippen LogP contribution in [-0.4, -0.2) is 34.3 Å². The van der Waals surface area contributed by atoms with Gasteiger partial charge in [-0.25, -0.2) is 0 Å². The molecule has 0 aliphatic carbocycles. The number of nitrogens with zero attached hydrogens (tertiary/aromatic N) is 3. The molecule has 6 nitrogen and oxygen atoms in total. The third-order valence-electron chi connectivity index (χ3n) is 2.27. The number of alkyl halides is 3. The lowest BCUT2D eigenvalue weighted by atomic mass is 10.2. The molecule has 2 rings (SSSR count). The van der Waals surface area contributed by atoms with Crippen LogP contribution in [0.5, 0.6) is 0 Å². The Kier molecular flexibility index (Phi) is 4.23. The van der Waals surface area contributed by atoms with Gasteiger partial charge in [0.1, 0.15) is 18.2 Å². The van der Waals surface area contributed by atoms with Crippen LogP contribution in [0, 0.1) is 6.92 Å². The minimum atomic E-state index is -4.38. The van der Waals surface area contributed by atoms with Gasteiger partial charge >= 0.3 is 6.18 Å². The second-order valence-electron chi connectivity index (χ2n) is 3.85. The smallest absolute Gasteiger partial charge is 0.378 e. The predicted molar refractivity (Wildman–Crippen MR) is 65.4 cm³/mol. The Labute approximate surface area is 116 Å². The highest BCUT2D eigenvalue weighted by Gasteiger charge is 2.28. The summed E-state index contributed by atoms with van der Waals surface area (Å²) in [6, 6.07) is 0. The summed E-state index contributed by atoms with van der Waals surface area (Å²) in [5.41, 5.74) is 1.35. The molecule has 1 N–H and O–H groups in total. The van der Waals surface area contributed by atoms with Crippen molar-refractivity contribution in [3.05, 3.63) is 11.5 Å². The Hall–Kier alpha value is -1.68. The van der Waals surface area contributed by atoms with Gasteiger partial charge in [-0.3, -0.25) is 0 Å².